The lowest BCUT2D eigenvalue weighted by atomic mass is 10.2. The molecule has 166 valence electrons. The smallest absolute Gasteiger partial charge is 0.253 e. The second-order valence-corrected chi connectivity index (χ2v) is 9.31. The van der Waals surface area contributed by atoms with E-state index in [0.29, 0.717) is 28.4 Å². The van der Waals surface area contributed by atoms with Crippen LogP contribution in [0.3, 0.4) is 0 Å². The van der Waals surface area contributed by atoms with Crippen molar-refractivity contribution in [1.29, 1.82) is 0 Å². The molecule has 0 aliphatic heterocycles. The van der Waals surface area contributed by atoms with Gasteiger partial charge in [0.25, 0.3) is 5.91 Å². The largest absolute Gasteiger partial charge is 0.493 e. The summed E-state index contributed by atoms with van der Waals surface area (Å²) < 4.78 is 39.6. The Morgan fingerprint density at radius 2 is 1.71 bits per heavy atom. The van der Waals surface area contributed by atoms with Crippen LogP contribution in [0.1, 0.15) is 16.2 Å². The molecule has 0 radical (unpaired) electrons. The number of aryl methyl sites for hydroxylation is 1. The van der Waals surface area contributed by atoms with Gasteiger partial charge < -0.3 is 18.9 Å². The van der Waals surface area contributed by atoms with Crippen molar-refractivity contribution in [1.82, 2.24) is 18.8 Å². The molecule has 1 amide bonds. The summed E-state index contributed by atoms with van der Waals surface area (Å²) in [5, 5.41) is 0. The Balaban J connectivity index is 1.92. The van der Waals surface area contributed by atoms with E-state index in [1.807, 2.05) is 17.7 Å². The van der Waals surface area contributed by atoms with Crippen molar-refractivity contribution in [2.24, 2.45) is 7.05 Å². The van der Waals surface area contributed by atoms with Gasteiger partial charge in [-0.25, -0.2) is 13.4 Å². The monoisotopic (exact) mass is 446 g/mol. The molecule has 0 N–H and O–H groups in total. The molecule has 0 atom stereocenters. The molecule has 0 unspecified atom stereocenters. The van der Waals surface area contributed by atoms with Crippen LogP contribution in [0.5, 0.6) is 11.5 Å². The maximum absolute atomic E-state index is 13.1. The van der Waals surface area contributed by atoms with Crippen LogP contribution in [-0.2, 0) is 23.6 Å². The second-order valence-electron chi connectivity index (χ2n) is 7.27. The number of benzene rings is 2. The highest BCUT2D eigenvalue weighted by Crippen LogP contribution is 2.30. The Labute approximate surface area is 181 Å². The highest BCUT2D eigenvalue weighted by atomic mass is 32.2. The highest BCUT2D eigenvalue weighted by Gasteiger charge is 2.24. The Morgan fingerprint density at radius 1 is 1.03 bits per heavy atom. The molecular weight excluding hydrogens is 420 g/mol. The summed E-state index contributed by atoms with van der Waals surface area (Å²) in [6.07, 6.45) is 0. The number of imidazole rings is 1. The molecule has 0 spiro atoms. The third kappa shape index (κ3) is 4.21. The van der Waals surface area contributed by atoms with Crippen LogP contribution in [0.4, 0.5) is 0 Å². The van der Waals surface area contributed by atoms with E-state index >= 15 is 0 Å². The zero-order chi connectivity index (χ0) is 22.9. The van der Waals surface area contributed by atoms with Gasteiger partial charge in [0.15, 0.2) is 11.5 Å². The Hall–Kier alpha value is -3.11. The number of ether oxygens (including phenoxy) is 2. The SMILES string of the molecule is COc1ccc(S(=O)(=O)N(C)Cc2nc3cc(C(=O)N(C)C)ccc3n2C)cc1OC. The normalized spacial score (nSPS) is 11.7. The maximum atomic E-state index is 13.1. The standard InChI is InChI=1S/C21H26N4O5S/c1-23(2)21(26)14-7-9-17-16(11-14)22-20(25(17)4)13-24(3)31(27,28)15-8-10-18(29-5)19(12-15)30-6/h7-12H,13H2,1-6H3. The molecule has 1 heterocycles. The first kappa shape index (κ1) is 22.6. The van der Waals surface area contributed by atoms with Crippen LogP contribution < -0.4 is 9.47 Å². The fourth-order valence-electron chi connectivity index (χ4n) is 3.22. The number of rotatable bonds is 7. The third-order valence-corrected chi connectivity index (χ3v) is 6.85. The lowest BCUT2D eigenvalue weighted by Crippen LogP contribution is -2.27. The fraction of sp³-hybridized carbons (Fsp3) is 0.333. The molecule has 0 saturated heterocycles. The van der Waals surface area contributed by atoms with E-state index in [4.69, 9.17) is 9.47 Å². The topological polar surface area (TPSA) is 94.0 Å². The van der Waals surface area contributed by atoms with Gasteiger partial charge in [-0.15, -0.1) is 0 Å². The molecule has 3 rings (SSSR count). The van der Waals surface area contributed by atoms with Crippen molar-refractivity contribution < 1.29 is 22.7 Å². The van der Waals surface area contributed by atoms with Crippen LogP contribution in [0, 0.1) is 0 Å². The molecule has 3 aromatic rings. The Morgan fingerprint density at radius 3 is 2.32 bits per heavy atom. The number of sulfonamides is 1. The van der Waals surface area contributed by atoms with Crippen LogP contribution >= 0.6 is 0 Å². The number of carbonyl (C=O) groups excluding carboxylic acids is 1. The number of nitrogens with zero attached hydrogens (tertiary/aromatic N) is 4. The summed E-state index contributed by atoms with van der Waals surface area (Å²) in [7, 11) is 5.82. The molecule has 0 aliphatic rings. The van der Waals surface area contributed by atoms with Crippen molar-refractivity contribution in [3.8, 4) is 11.5 Å². The summed E-state index contributed by atoms with van der Waals surface area (Å²) in [5.41, 5.74) is 1.96. The van der Waals surface area contributed by atoms with Crippen LogP contribution in [0.15, 0.2) is 41.3 Å². The third-order valence-electron chi connectivity index (χ3n) is 5.05. The molecule has 0 saturated carbocycles. The van der Waals surface area contributed by atoms with E-state index in [-0.39, 0.29) is 17.3 Å². The number of amides is 1. The number of carbonyl (C=O) groups is 1. The molecule has 9 nitrogen and oxygen atoms in total. The predicted molar refractivity (Wildman–Crippen MR) is 117 cm³/mol. The minimum Gasteiger partial charge on any atom is -0.493 e. The van der Waals surface area contributed by atoms with Crippen molar-refractivity contribution >= 4 is 27.0 Å². The molecule has 10 heteroatoms. The number of methoxy groups -OCH3 is 2. The van der Waals surface area contributed by atoms with E-state index in [1.54, 1.807) is 32.3 Å². The first-order valence-corrected chi connectivity index (χ1v) is 10.9. The Kier molecular flexibility index (Phi) is 6.23. The lowest BCUT2D eigenvalue weighted by Gasteiger charge is -2.18. The first-order valence-electron chi connectivity index (χ1n) is 9.45. The van der Waals surface area contributed by atoms with Crippen LogP contribution in [-0.4, -0.2) is 68.4 Å². The fourth-order valence-corrected chi connectivity index (χ4v) is 4.36. The van der Waals surface area contributed by atoms with Gasteiger partial charge in [-0.2, -0.15) is 4.31 Å². The van der Waals surface area contributed by atoms with E-state index in [1.165, 1.54) is 42.6 Å². The highest BCUT2D eigenvalue weighted by molar-refractivity contribution is 7.89. The van der Waals surface area contributed by atoms with E-state index in [2.05, 4.69) is 4.98 Å². The van der Waals surface area contributed by atoms with Crippen molar-refractivity contribution in [2.75, 3.05) is 35.4 Å². The molecule has 31 heavy (non-hydrogen) atoms. The zero-order valence-electron chi connectivity index (χ0n) is 18.4. The van der Waals surface area contributed by atoms with Gasteiger partial charge in [0.1, 0.15) is 5.82 Å². The molecule has 2 aromatic carbocycles. The van der Waals surface area contributed by atoms with E-state index in [9.17, 15) is 13.2 Å². The van der Waals surface area contributed by atoms with Gasteiger partial charge in [-0.3, -0.25) is 4.79 Å². The van der Waals surface area contributed by atoms with Crippen LogP contribution in [0.25, 0.3) is 11.0 Å². The van der Waals surface area contributed by atoms with Gasteiger partial charge in [0.2, 0.25) is 10.0 Å². The van der Waals surface area contributed by atoms with Gasteiger partial charge in [0.05, 0.1) is 36.7 Å². The van der Waals surface area contributed by atoms with Gasteiger partial charge in [-0.1, -0.05) is 0 Å². The van der Waals surface area contributed by atoms with Crippen molar-refractivity contribution in [3.63, 3.8) is 0 Å². The molecule has 1 aromatic heterocycles. The quantitative estimate of drug-likeness (QED) is 0.552. The van der Waals surface area contributed by atoms with E-state index in [0.717, 1.165) is 5.52 Å². The van der Waals surface area contributed by atoms with Crippen molar-refractivity contribution in [3.05, 3.63) is 47.8 Å². The predicted octanol–water partition coefficient (Wildman–Crippen LogP) is 2.11. The molecular formula is C21H26N4O5S. The molecule has 0 bridgehead atoms. The molecule has 0 fully saturated rings. The minimum atomic E-state index is -3.80. The average molecular weight is 447 g/mol. The summed E-state index contributed by atoms with van der Waals surface area (Å²) in [6, 6.07) is 9.72. The number of hydrogen-bond donors (Lipinski definition) is 0. The Bertz CT molecular complexity index is 1230. The molecule has 0 aliphatic carbocycles. The number of aromatic nitrogens is 2. The summed E-state index contributed by atoms with van der Waals surface area (Å²) in [5.74, 6) is 1.21. The summed E-state index contributed by atoms with van der Waals surface area (Å²) in [4.78, 5) is 18.4. The first-order chi connectivity index (χ1) is 14.6. The summed E-state index contributed by atoms with van der Waals surface area (Å²) in [6.45, 7) is 0.0544. The zero-order valence-corrected chi connectivity index (χ0v) is 19.2. The van der Waals surface area contributed by atoms with Gasteiger partial charge in [-0.05, 0) is 30.3 Å². The van der Waals surface area contributed by atoms with Crippen molar-refractivity contribution in [2.45, 2.75) is 11.4 Å². The minimum absolute atomic E-state index is 0.0544. The summed E-state index contributed by atoms with van der Waals surface area (Å²) >= 11 is 0. The maximum Gasteiger partial charge on any atom is 0.253 e. The second kappa shape index (κ2) is 8.56. The number of hydrogen-bond acceptors (Lipinski definition) is 6. The lowest BCUT2D eigenvalue weighted by molar-refractivity contribution is 0.0827. The average Bonchev–Trinajstić information content (AvgIpc) is 3.06. The van der Waals surface area contributed by atoms with Gasteiger partial charge >= 0.3 is 0 Å². The van der Waals surface area contributed by atoms with Gasteiger partial charge in [0, 0.05) is 39.8 Å². The van der Waals surface area contributed by atoms with Crippen LogP contribution in [0.2, 0.25) is 0 Å². The number of fused-ring (bicyclic) bond motifs is 1. The van der Waals surface area contributed by atoms with E-state index < -0.39 is 10.0 Å².